The Bertz CT molecular complexity index is 1370. The van der Waals surface area contributed by atoms with Gasteiger partial charge >= 0.3 is 0 Å². The summed E-state index contributed by atoms with van der Waals surface area (Å²) in [7, 11) is 1.52. The maximum Gasteiger partial charge on any atom is 0.195 e. The van der Waals surface area contributed by atoms with E-state index in [9.17, 15) is 22.0 Å². The van der Waals surface area contributed by atoms with Crippen molar-refractivity contribution in [1.82, 2.24) is 9.97 Å². The van der Waals surface area contributed by atoms with E-state index < -0.39 is 34.6 Å². The van der Waals surface area contributed by atoms with Gasteiger partial charge in [-0.2, -0.15) is 0 Å². The second-order valence-electron chi connectivity index (χ2n) is 6.84. The Labute approximate surface area is 179 Å². The molecule has 1 heterocycles. The molecular formula is C24H13F5N2O. The molecule has 0 atom stereocenters. The molecule has 32 heavy (non-hydrogen) atoms. The molecule has 0 unspecified atom stereocenters. The van der Waals surface area contributed by atoms with E-state index in [0.717, 1.165) is 18.2 Å². The number of methoxy groups -OCH3 is 1. The van der Waals surface area contributed by atoms with E-state index in [1.54, 1.807) is 0 Å². The number of fused-ring (bicyclic) bond motifs is 1. The van der Waals surface area contributed by atoms with Crippen LogP contribution in [0, 0.1) is 40.9 Å². The van der Waals surface area contributed by atoms with Crippen LogP contribution in [0.3, 0.4) is 0 Å². The normalized spacial score (nSPS) is 10.8. The molecule has 0 bridgehead atoms. The van der Waals surface area contributed by atoms with E-state index in [1.807, 2.05) is 0 Å². The molecule has 4 rings (SSSR count). The fourth-order valence-corrected chi connectivity index (χ4v) is 3.08. The Morgan fingerprint density at radius 2 is 1.50 bits per heavy atom. The Kier molecular flexibility index (Phi) is 5.84. The van der Waals surface area contributed by atoms with Crippen LogP contribution >= 0.6 is 0 Å². The molecule has 8 heteroatoms. The second kappa shape index (κ2) is 8.73. The highest BCUT2D eigenvalue weighted by atomic mass is 19.2. The van der Waals surface area contributed by atoms with E-state index >= 15 is 0 Å². The predicted molar refractivity (Wildman–Crippen MR) is 108 cm³/mol. The van der Waals surface area contributed by atoms with Gasteiger partial charge in [-0.15, -0.1) is 0 Å². The van der Waals surface area contributed by atoms with Gasteiger partial charge in [-0.05, 0) is 35.7 Å². The molecule has 0 saturated heterocycles. The van der Waals surface area contributed by atoms with Gasteiger partial charge in [0.15, 0.2) is 23.3 Å². The van der Waals surface area contributed by atoms with Crippen molar-refractivity contribution in [2.45, 2.75) is 6.61 Å². The van der Waals surface area contributed by atoms with Crippen molar-refractivity contribution in [3.63, 3.8) is 0 Å². The van der Waals surface area contributed by atoms with Crippen LogP contribution in [-0.4, -0.2) is 17.1 Å². The van der Waals surface area contributed by atoms with E-state index in [-0.39, 0.29) is 27.7 Å². The third-order valence-electron chi connectivity index (χ3n) is 4.62. The summed E-state index contributed by atoms with van der Waals surface area (Å²) in [4.78, 5) is 8.15. The summed E-state index contributed by atoms with van der Waals surface area (Å²) in [6.07, 6.45) is 2.99. The molecule has 0 spiro atoms. The van der Waals surface area contributed by atoms with Gasteiger partial charge < -0.3 is 4.74 Å². The van der Waals surface area contributed by atoms with Crippen molar-refractivity contribution >= 4 is 10.8 Å². The number of nitrogens with zero attached hydrogens (tertiary/aromatic N) is 2. The van der Waals surface area contributed by atoms with Crippen LogP contribution in [0.5, 0.6) is 0 Å². The van der Waals surface area contributed by atoms with Gasteiger partial charge in [0.05, 0.1) is 12.2 Å². The van der Waals surface area contributed by atoms with Gasteiger partial charge in [-0.25, -0.2) is 31.9 Å². The van der Waals surface area contributed by atoms with Crippen molar-refractivity contribution in [2.24, 2.45) is 0 Å². The zero-order chi connectivity index (χ0) is 22.8. The van der Waals surface area contributed by atoms with Crippen molar-refractivity contribution in [1.29, 1.82) is 0 Å². The van der Waals surface area contributed by atoms with E-state index in [1.165, 1.54) is 37.7 Å². The average molecular weight is 440 g/mol. The maximum atomic E-state index is 14.5. The van der Waals surface area contributed by atoms with Crippen molar-refractivity contribution in [3.05, 3.63) is 94.6 Å². The summed E-state index contributed by atoms with van der Waals surface area (Å²) < 4.78 is 74.7. The standard InChI is InChI=1S/C24H13F5N2O/c1-32-12-14-10-30-24(31-11-14)16-8-19(25)18(20(26)9-16)5-3-13-2-4-17-15(6-13)7-21(27)23(29)22(17)28/h2,4,6-11H,12H2,1H3. The Morgan fingerprint density at radius 1 is 0.812 bits per heavy atom. The fraction of sp³-hybridized carbons (Fsp3) is 0.0833. The lowest BCUT2D eigenvalue weighted by molar-refractivity contribution is 0.184. The van der Waals surface area contributed by atoms with Gasteiger partial charge in [0.1, 0.15) is 11.6 Å². The van der Waals surface area contributed by atoms with Crippen molar-refractivity contribution in [3.8, 4) is 23.2 Å². The van der Waals surface area contributed by atoms with Crippen LogP contribution in [0.15, 0.2) is 48.8 Å². The minimum absolute atomic E-state index is 0.0681. The molecular weight excluding hydrogens is 427 g/mol. The Morgan fingerprint density at radius 3 is 2.16 bits per heavy atom. The van der Waals surface area contributed by atoms with Gasteiger partial charge in [0.2, 0.25) is 0 Å². The first-order chi connectivity index (χ1) is 15.4. The quantitative estimate of drug-likeness (QED) is 0.238. The van der Waals surface area contributed by atoms with Crippen molar-refractivity contribution in [2.75, 3.05) is 7.11 Å². The fourth-order valence-electron chi connectivity index (χ4n) is 3.08. The molecule has 0 N–H and O–H groups in total. The number of hydrogen-bond donors (Lipinski definition) is 0. The van der Waals surface area contributed by atoms with Crippen LogP contribution < -0.4 is 0 Å². The zero-order valence-electron chi connectivity index (χ0n) is 16.5. The number of ether oxygens (including phenoxy) is 1. The topological polar surface area (TPSA) is 35.0 Å². The first-order valence-corrected chi connectivity index (χ1v) is 9.26. The highest BCUT2D eigenvalue weighted by Crippen LogP contribution is 2.25. The third kappa shape index (κ3) is 4.15. The minimum atomic E-state index is -1.57. The minimum Gasteiger partial charge on any atom is -0.380 e. The molecule has 0 aliphatic heterocycles. The Balaban J connectivity index is 1.67. The molecule has 3 nitrogen and oxygen atoms in total. The zero-order valence-corrected chi connectivity index (χ0v) is 16.5. The predicted octanol–water partition coefficient (Wildman–Crippen LogP) is 5.54. The molecule has 0 aliphatic rings. The van der Waals surface area contributed by atoms with Gasteiger partial charge in [-0.1, -0.05) is 17.9 Å². The summed E-state index contributed by atoms with van der Waals surface area (Å²) in [5.74, 6) is -0.992. The highest BCUT2D eigenvalue weighted by Gasteiger charge is 2.14. The first-order valence-electron chi connectivity index (χ1n) is 9.26. The molecule has 3 aromatic carbocycles. The van der Waals surface area contributed by atoms with Crippen LogP contribution in [0.25, 0.3) is 22.2 Å². The van der Waals surface area contributed by atoms with Crippen molar-refractivity contribution < 1.29 is 26.7 Å². The highest BCUT2D eigenvalue weighted by molar-refractivity contribution is 5.84. The van der Waals surface area contributed by atoms with Crippen LogP contribution in [-0.2, 0) is 11.3 Å². The van der Waals surface area contributed by atoms with Gasteiger partial charge in [-0.3, -0.25) is 0 Å². The van der Waals surface area contributed by atoms with Crippen LogP contribution in [0.2, 0.25) is 0 Å². The molecule has 0 saturated carbocycles. The lowest BCUT2D eigenvalue weighted by atomic mass is 10.1. The monoisotopic (exact) mass is 440 g/mol. The summed E-state index contributed by atoms with van der Waals surface area (Å²) in [5, 5.41) is -0.0637. The SMILES string of the molecule is COCc1cnc(-c2cc(F)c(C#Cc3ccc4c(F)c(F)c(F)cc4c3)c(F)c2)nc1. The summed E-state index contributed by atoms with van der Waals surface area (Å²) in [5.41, 5.74) is 0.593. The summed E-state index contributed by atoms with van der Waals surface area (Å²) in [6.45, 7) is 0.306. The van der Waals surface area contributed by atoms with Gasteiger partial charge in [0, 0.05) is 41.6 Å². The first kappa shape index (κ1) is 21.4. The Hall–Kier alpha value is -3.83. The molecule has 0 amide bonds. The lowest BCUT2D eigenvalue weighted by Gasteiger charge is -2.05. The third-order valence-corrected chi connectivity index (χ3v) is 4.62. The van der Waals surface area contributed by atoms with E-state index in [4.69, 9.17) is 4.74 Å². The van der Waals surface area contributed by atoms with Gasteiger partial charge in [0.25, 0.3) is 0 Å². The van der Waals surface area contributed by atoms with E-state index in [0.29, 0.717) is 12.2 Å². The van der Waals surface area contributed by atoms with Crippen LogP contribution in [0.4, 0.5) is 22.0 Å². The molecule has 4 aromatic rings. The maximum absolute atomic E-state index is 14.5. The smallest absolute Gasteiger partial charge is 0.195 e. The van der Waals surface area contributed by atoms with E-state index in [2.05, 4.69) is 21.8 Å². The number of halogens is 5. The summed E-state index contributed by atoms with van der Waals surface area (Å²) in [6, 6.07) is 6.81. The van der Waals surface area contributed by atoms with Crippen LogP contribution in [0.1, 0.15) is 16.7 Å². The number of rotatable bonds is 3. The molecule has 0 aliphatic carbocycles. The molecule has 0 radical (unpaired) electrons. The molecule has 160 valence electrons. The number of hydrogen-bond acceptors (Lipinski definition) is 3. The number of benzene rings is 3. The summed E-state index contributed by atoms with van der Waals surface area (Å²) >= 11 is 0. The molecule has 0 fully saturated rings. The largest absolute Gasteiger partial charge is 0.380 e. The lowest BCUT2D eigenvalue weighted by Crippen LogP contribution is -1.97. The average Bonchev–Trinajstić information content (AvgIpc) is 2.77. The second-order valence-corrected chi connectivity index (χ2v) is 6.84. The number of aromatic nitrogens is 2. The molecule has 1 aromatic heterocycles.